The van der Waals surface area contributed by atoms with Crippen LogP contribution in [0.15, 0.2) is 47.5 Å². The van der Waals surface area contributed by atoms with Gasteiger partial charge in [0.05, 0.1) is 20.8 Å². The van der Waals surface area contributed by atoms with Gasteiger partial charge in [-0.1, -0.05) is 30.3 Å². The number of halogens is 1. The molecule has 3 rings (SSSR count). The molecule has 0 amide bonds. The van der Waals surface area contributed by atoms with Crippen LogP contribution >= 0.6 is 24.0 Å². The molecule has 0 radical (unpaired) electrons. The Kier molecular flexibility index (Phi) is 9.71. The number of nitrogens with one attached hydrogen (secondary N) is 1. The number of fused-ring (bicyclic) bond motifs is 1. The molecule has 2 aromatic rings. The van der Waals surface area contributed by atoms with E-state index in [0.29, 0.717) is 18.5 Å². The molecule has 3 N–H and O–H groups in total. The highest BCUT2D eigenvalue weighted by molar-refractivity contribution is 14.0. The van der Waals surface area contributed by atoms with Gasteiger partial charge in [0.2, 0.25) is 0 Å². The van der Waals surface area contributed by atoms with Gasteiger partial charge in [-0.3, -0.25) is 9.89 Å². The standard InChI is InChI=1S/C23H32N4O2.HI/c1-17(27-13-11-19-6-4-5-7-20(19)16-27)15-26-23(24)25-12-10-18-8-9-21(28-2)22(14-18)29-3;/h4-9,14,17H,10-13,15-16H2,1-3H3,(H3,24,25,26);1H. The van der Waals surface area contributed by atoms with E-state index in [0.717, 1.165) is 49.5 Å². The molecule has 1 heterocycles. The largest absolute Gasteiger partial charge is 0.493 e. The maximum absolute atomic E-state index is 6.07. The summed E-state index contributed by atoms with van der Waals surface area (Å²) in [5.74, 6) is 1.97. The highest BCUT2D eigenvalue weighted by Crippen LogP contribution is 2.27. The van der Waals surface area contributed by atoms with Gasteiger partial charge in [-0.2, -0.15) is 0 Å². The summed E-state index contributed by atoms with van der Waals surface area (Å²) in [6.07, 6.45) is 1.93. The minimum atomic E-state index is 0. The van der Waals surface area contributed by atoms with Gasteiger partial charge in [0.1, 0.15) is 0 Å². The Morgan fingerprint density at radius 3 is 2.60 bits per heavy atom. The van der Waals surface area contributed by atoms with Crippen LogP contribution in [0.4, 0.5) is 0 Å². The van der Waals surface area contributed by atoms with Crippen molar-refractivity contribution >= 4 is 29.9 Å². The molecule has 1 unspecified atom stereocenters. The molecule has 0 fully saturated rings. The monoisotopic (exact) mass is 524 g/mol. The zero-order valence-corrected chi connectivity index (χ0v) is 20.4. The van der Waals surface area contributed by atoms with E-state index in [1.807, 2.05) is 18.2 Å². The van der Waals surface area contributed by atoms with Crippen LogP contribution in [0.2, 0.25) is 0 Å². The molecule has 1 aliphatic rings. The van der Waals surface area contributed by atoms with Crippen molar-refractivity contribution in [1.82, 2.24) is 10.2 Å². The van der Waals surface area contributed by atoms with Gasteiger partial charge < -0.3 is 20.5 Å². The highest BCUT2D eigenvalue weighted by atomic mass is 127. The van der Waals surface area contributed by atoms with Crippen LogP contribution in [0.5, 0.6) is 11.5 Å². The molecular weight excluding hydrogens is 491 g/mol. The van der Waals surface area contributed by atoms with Crippen molar-refractivity contribution in [3.63, 3.8) is 0 Å². The van der Waals surface area contributed by atoms with Crippen LogP contribution in [0, 0.1) is 0 Å². The van der Waals surface area contributed by atoms with Gasteiger partial charge >= 0.3 is 0 Å². The van der Waals surface area contributed by atoms with Crippen molar-refractivity contribution in [2.45, 2.75) is 32.4 Å². The molecule has 2 aromatic carbocycles. The van der Waals surface area contributed by atoms with E-state index in [1.54, 1.807) is 14.2 Å². The smallest absolute Gasteiger partial charge is 0.188 e. The number of hydrogen-bond donors (Lipinski definition) is 2. The third-order valence-corrected chi connectivity index (χ3v) is 5.48. The molecule has 0 saturated heterocycles. The highest BCUT2D eigenvalue weighted by Gasteiger charge is 2.20. The fourth-order valence-corrected chi connectivity index (χ4v) is 3.67. The van der Waals surface area contributed by atoms with Gasteiger partial charge in [-0.15, -0.1) is 24.0 Å². The predicted molar refractivity (Wildman–Crippen MR) is 133 cm³/mol. The van der Waals surface area contributed by atoms with Crippen molar-refractivity contribution in [3.8, 4) is 11.5 Å². The Morgan fingerprint density at radius 1 is 1.13 bits per heavy atom. The molecule has 0 aliphatic carbocycles. The normalized spacial score (nSPS) is 15.0. The number of ether oxygens (including phenoxy) is 2. The molecule has 30 heavy (non-hydrogen) atoms. The SMILES string of the molecule is COc1ccc(CCNC(N)=NCC(C)N2CCc3ccccc3C2)cc1OC.I. The minimum Gasteiger partial charge on any atom is -0.493 e. The van der Waals surface area contributed by atoms with E-state index >= 15 is 0 Å². The second-order valence-corrected chi connectivity index (χ2v) is 7.43. The first-order valence-corrected chi connectivity index (χ1v) is 10.2. The lowest BCUT2D eigenvalue weighted by atomic mass is 9.99. The van der Waals surface area contributed by atoms with Crippen LogP contribution in [0.25, 0.3) is 0 Å². The summed E-state index contributed by atoms with van der Waals surface area (Å²) in [5.41, 5.74) is 10.1. The van der Waals surface area contributed by atoms with E-state index < -0.39 is 0 Å². The van der Waals surface area contributed by atoms with Crippen LogP contribution in [-0.4, -0.2) is 50.8 Å². The molecule has 6 nitrogen and oxygen atoms in total. The van der Waals surface area contributed by atoms with Gasteiger partial charge in [0, 0.05) is 25.7 Å². The molecule has 0 bridgehead atoms. The number of rotatable bonds is 8. The number of nitrogens with two attached hydrogens (primary N) is 1. The maximum atomic E-state index is 6.07. The molecule has 1 aliphatic heterocycles. The molecular formula is C23H33IN4O2. The minimum absolute atomic E-state index is 0. The maximum Gasteiger partial charge on any atom is 0.188 e. The number of aliphatic imine (C=N–C) groups is 1. The van der Waals surface area contributed by atoms with Crippen LogP contribution in [0.3, 0.4) is 0 Å². The second kappa shape index (κ2) is 12.0. The zero-order valence-electron chi connectivity index (χ0n) is 18.1. The number of hydrogen-bond acceptors (Lipinski definition) is 4. The summed E-state index contributed by atoms with van der Waals surface area (Å²) in [6, 6.07) is 15.0. The number of methoxy groups -OCH3 is 2. The first kappa shape index (κ1) is 24.3. The van der Waals surface area contributed by atoms with E-state index in [-0.39, 0.29) is 24.0 Å². The number of guanidine groups is 1. The Hall–Kier alpha value is -2.00. The molecule has 7 heteroatoms. The fourth-order valence-electron chi connectivity index (χ4n) is 3.67. The summed E-state index contributed by atoms with van der Waals surface area (Å²) in [7, 11) is 3.28. The fraction of sp³-hybridized carbons (Fsp3) is 0.435. The Morgan fingerprint density at radius 2 is 1.87 bits per heavy atom. The molecule has 164 valence electrons. The van der Waals surface area contributed by atoms with Gasteiger partial charge in [-0.25, -0.2) is 0 Å². The van der Waals surface area contributed by atoms with Gasteiger partial charge in [-0.05, 0) is 48.6 Å². The van der Waals surface area contributed by atoms with Gasteiger partial charge in [0.15, 0.2) is 17.5 Å². The molecule has 0 spiro atoms. The number of benzene rings is 2. The third-order valence-electron chi connectivity index (χ3n) is 5.48. The van der Waals surface area contributed by atoms with Crippen LogP contribution in [0.1, 0.15) is 23.6 Å². The summed E-state index contributed by atoms with van der Waals surface area (Å²) in [4.78, 5) is 7.02. The quantitative estimate of drug-likeness (QED) is 0.315. The Bertz CT molecular complexity index is 844. The van der Waals surface area contributed by atoms with E-state index in [2.05, 4.69) is 46.4 Å². The van der Waals surface area contributed by atoms with Crippen molar-refractivity contribution in [2.24, 2.45) is 10.7 Å². The van der Waals surface area contributed by atoms with E-state index in [4.69, 9.17) is 15.2 Å². The van der Waals surface area contributed by atoms with Crippen molar-refractivity contribution < 1.29 is 9.47 Å². The summed E-state index contributed by atoms with van der Waals surface area (Å²) >= 11 is 0. The van der Waals surface area contributed by atoms with E-state index in [9.17, 15) is 0 Å². The Labute approximate surface area is 196 Å². The van der Waals surface area contributed by atoms with Crippen molar-refractivity contribution in [1.29, 1.82) is 0 Å². The van der Waals surface area contributed by atoms with Crippen LogP contribution < -0.4 is 20.5 Å². The summed E-state index contributed by atoms with van der Waals surface area (Å²) < 4.78 is 10.6. The lowest BCUT2D eigenvalue weighted by Gasteiger charge is -2.33. The average molecular weight is 524 g/mol. The van der Waals surface area contributed by atoms with Crippen molar-refractivity contribution in [2.75, 3.05) is 33.9 Å². The average Bonchev–Trinajstić information content (AvgIpc) is 2.76. The first-order valence-electron chi connectivity index (χ1n) is 10.2. The topological polar surface area (TPSA) is 72.1 Å². The summed E-state index contributed by atoms with van der Waals surface area (Å²) in [6.45, 7) is 5.68. The predicted octanol–water partition coefficient (Wildman–Crippen LogP) is 3.22. The van der Waals surface area contributed by atoms with Crippen molar-refractivity contribution in [3.05, 3.63) is 59.2 Å². The lowest BCUT2D eigenvalue weighted by molar-refractivity contribution is 0.195. The third kappa shape index (κ3) is 6.50. The van der Waals surface area contributed by atoms with E-state index in [1.165, 1.54) is 11.1 Å². The van der Waals surface area contributed by atoms with Crippen LogP contribution in [-0.2, 0) is 19.4 Å². The number of nitrogens with zero attached hydrogens (tertiary/aromatic N) is 2. The molecule has 0 saturated carbocycles. The summed E-state index contributed by atoms with van der Waals surface area (Å²) in [5, 5.41) is 3.21. The zero-order chi connectivity index (χ0) is 20.6. The van der Waals surface area contributed by atoms with Gasteiger partial charge in [0.25, 0.3) is 0 Å². The first-order chi connectivity index (χ1) is 14.1. The second-order valence-electron chi connectivity index (χ2n) is 7.43. The molecule has 1 atom stereocenters. The molecule has 0 aromatic heterocycles. The lowest BCUT2D eigenvalue weighted by Crippen LogP contribution is -2.40. The Balaban J connectivity index is 0.00000320.